The molecule has 0 aliphatic carbocycles. The Bertz CT molecular complexity index is 805. The fraction of sp³-hybridized carbons (Fsp3) is 0.176. The summed E-state index contributed by atoms with van der Waals surface area (Å²) in [7, 11) is 1.51. The molecule has 0 spiro atoms. The highest BCUT2D eigenvalue weighted by molar-refractivity contribution is 5.95. The van der Waals surface area contributed by atoms with Crippen molar-refractivity contribution in [3.63, 3.8) is 0 Å². The molecule has 0 aliphatic rings. The highest BCUT2D eigenvalue weighted by Crippen LogP contribution is 2.16. The number of carboxylic acids is 1. The van der Waals surface area contributed by atoms with Gasteiger partial charge in [-0.1, -0.05) is 12.1 Å². The second kappa shape index (κ2) is 8.58. The zero-order valence-electron chi connectivity index (χ0n) is 13.8. The van der Waals surface area contributed by atoms with E-state index >= 15 is 0 Å². The Morgan fingerprint density at radius 3 is 2.46 bits per heavy atom. The first-order valence-electron chi connectivity index (χ1n) is 7.44. The molecule has 1 N–H and O–H groups in total. The lowest BCUT2D eigenvalue weighted by Gasteiger charge is -2.20. The molecule has 0 radical (unpaired) electrons. The van der Waals surface area contributed by atoms with E-state index in [1.165, 1.54) is 19.2 Å². The second-order valence-electron chi connectivity index (χ2n) is 5.16. The Labute approximate surface area is 148 Å². The normalized spacial score (nSPS) is 10.2. The lowest BCUT2D eigenvalue weighted by atomic mass is 10.2. The van der Waals surface area contributed by atoms with Crippen LogP contribution in [0.2, 0.25) is 0 Å². The largest absolute Gasteiger partial charge is 0.497 e. The van der Waals surface area contributed by atoms with Gasteiger partial charge in [0.1, 0.15) is 18.9 Å². The summed E-state index contributed by atoms with van der Waals surface area (Å²) in [5.41, 5.74) is 0.572. The van der Waals surface area contributed by atoms with Crippen LogP contribution in [0.15, 0.2) is 48.5 Å². The van der Waals surface area contributed by atoms with Gasteiger partial charge in [-0.15, -0.1) is 0 Å². The first kappa shape index (κ1) is 18.9. The standard InChI is InChI=1S/C17H16N2O7/c1-25-15-4-2-3-12(9-15)11-26-18(10-16(20)21)17(22)13-5-7-14(8-6-13)19(23)24/h2-9H,10-11H2,1H3,(H,20,21). The number of carbonyl (C=O) groups excluding carboxylic acids is 1. The molecule has 2 aromatic rings. The predicted molar refractivity (Wildman–Crippen MR) is 89.6 cm³/mol. The van der Waals surface area contributed by atoms with E-state index < -0.39 is 23.3 Å². The average Bonchev–Trinajstić information content (AvgIpc) is 2.64. The molecular weight excluding hydrogens is 344 g/mol. The van der Waals surface area contributed by atoms with Crippen LogP contribution in [0.5, 0.6) is 5.75 Å². The number of non-ortho nitro benzene ring substituents is 1. The number of nitro groups is 1. The van der Waals surface area contributed by atoms with Gasteiger partial charge in [0.15, 0.2) is 0 Å². The molecule has 0 heterocycles. The van der Waals surface area contributed by atoms with E-state index in [-0.39, 0.29) is 17.9 Å². The SMILES string of the molecule is COc1cccc(CON(CC(=O)O)C(=O)c2ccc([N+](=O)[O-])cc2)c1. The minimum atomic E-state index is -1.26. The molecule has 9 nitrogen and oxygen atoms in total. The van der Waals surface area contributed by atoms with Crippen LogP contribution in [-0.2, 0) is 16.2 Å². The molecule has 0 aromatic heterocycles. The predicted octanol–water partition coefficient (Wildman–Crippen LogP) is 2.26. The van der Waals surface area contributed by atoms with Crippen LogP contribution >= 0.6 is 0 Å². The summed E-state index contributed by atoms with van der Waals surface area (Å²) in [6.07, 6.45) is 0. The quantitative estimate of drug-likeness (QED) is 0.566. The summed E-state index contributed by atoms with van der Waals surface area (Å²) in [5.74, 6) is -1.38. The number of methoxy groups -OCH3 is 1. The van der Waals surface area contributed by atoms with Crippen LogP contribution in [0.1, 0.15) is 15.9 Å². The number of nitrogens with zero attached hydrogens (tertiary/aromatic N) is 2. The van der Waals surface area contributed by atoms with Gasteiger partial charge >= 0.3 is 5.97 Å². The van der Waals surface area contributed by atoms with E-state index in [0.717, 1.165) is 12.1 Å². The molecule has 0 saturated carbocycles. The van der Waals surface area contributed by atoms with Gasteiger partial charge in [0.05, 0.1) is 12.0 Å². The first-order valence-corrected chi connectivity index (χ1v) is 7.44. The Balaban J connectivity index is 2.13. The van der Waals surface area contributed by atoms with Crippen molar-refractivity contribution in [2.24, 2.45) is 0 Å². The molecule has 26 heavy (non-hydrogen) atoms. The highest BCUT2D eigenvalue weighted by atomic mass is 16.7. The Morgan fingerprint density at radius 1 is 1.19 bits per heavy atom. The summed E-state index contributed by atoms with van der Waals surface area (Å²) >= 11 is 0. The number of carbonyl (C=O) groups is 2. The molecule has 0 bridgehead atoms. The summed E-state index contributed by atoms with van der Waals surface area (Å²) in [6, 6.07) is 11.7. The minimum absolute atomic E-state index is 0.0524. The fourth-order valence-electron chi connectivity index (χ4n) is 2.08. The number of rotatable bonds is 8. The number of amides is 1. The van der Waals surface area contributed by atoms with Crippen molar-refractivity contribution in [3.05, 3.63) is 69.8 Å². The van der Waals surface area contributed by atoms with Crippen LogP contribution in [0, 0.1) is 10.1 Å². The van der Waals surface area contributed by atoms with Gasteiger partial charge in [-0.2, -0.15) is 0 Å². The third kappa shape index (κ3) is 5.02. The van der Waals surface area contributed by atoms with Crippen LogP contribution in [0.3, 0.4) is 0 Å². The lowest BCUT2D eigenvalue weighted by Crippen LogP contribution is -2.35. The topological polar surface area (TPSA) is 119 Å². The van der Waals surface area contributed by atoms with Gasteiger partial charge < -0.3 is 9.84 Å². The molecule has 9 heteroatoms. The van der Waals surface area contributed by atoms with E-state index in [4.69, 9.17) is 14.7 Å². The zero-order valence-corrected chi connectivity index (χ0v) is 13.8. The molecule has 1 amide bonds. The average molecular weight is 360 g/mol. The van der Waals surface area contributed by atoms with Gasteiger partial charge in [0, 0.05) is 17.7 Å². The second-order valence-corrected chi connectivity index (χ2v) is 5.16. The van der Waals surface area contributed by atoms with Gasteiger partial charge in [0.2, 0.25) is 0 Å². The Morgan fingerprint density at radius 2 is 1.88 bits per heavy atom. The van der Waals surface area contributed by atoms with E-state index in [1.807, 2.05) is 0 Å². The van der Waals surface area contributed by atoms with E-state index in [1.54, 1.807) is 24.3 Å². The molecule has 0 aliphatic heterocycles. The summed E-state index contributed by atoms with van der Waals surface area (Å²) in [5, 5.41) is 20.4. The molecule has 136 valence electrons. The first-order chi connectivity index (χ1) is 12.4. The number of benzene rings is 2. The zero-order chi connectivity index (χ0) is 19.1. The highest BCUT2D eigenvalue weighted by Gasteiger charge is 2.21. The van der Waals surface area contributed by atoms with Crippen LogP contribution in [-0.4, -0.2) is 40.6 Å². The number of hydrogen-bond acceptors (Lipinski definition) is 6. The Kier molecular flexibility index (Phi) is 6.23. The summed E-state index contributed by atoms with van der Waals surface area (Å²) < 4.78 is 5.09. The molecule has 0 fully saturated rings. The van der Waals surface area contributed by atoms with E-state index in [0.29, 0.717) is 16.4 Å². The molecule has 0 atom stereocenters. The monoisotopic (exact) mass is 360 g/mol. The summed E-state index contributed by atoms with van der Waals surface area (Å²) in [4.78, 5) is 38.9. The molecule has 2 aromatic carbocycles. The molecule has 2 rings (SSSR count). The molecule has 0 saturated heterocycles. The maximum Gasteiger partial charge on any atom is 0.325 e. The maximum atomic E-state index is 12.4. The maximum absolute atomic E-state index is 12.4. The van der Waals surface area contributed by atoms with Gasteiger partial charge in [0.25, 0.3) is 11.6 Å². The minimum Gasteiger partial charge on any atom is -0.497 e. The molecule has 0 unspecified atom stereocenters. The number of carboxylic acid groups (broad SMARTS) is 1. The van der Waals surface area contributed by atoms with Crippen molar-refractivity contribution in [2.45, 2.75) is 6.61 Å². The van der Waals surface area contributed by atoms with Crippen molar-refractivity contribution >= 4 is 17.6 Å². The number of hydroxylamine groups is 2. The van der Waals surface area contributed by atoms with Crippen molar-refractivity contribution in [3.8, 4) is 5.75 Å². The van der Waals surface area contributed by atoms with Crippen molar-refractivity contribution < 1.29 is 29.2 Å². The van der Waals surface area contributed by atoms with Gasteiger partial charge in [-0.3, -0.25) is 24.5 Å². The summed E-state index contributed by atoms with van der Waals surface area (Å²) in [6.45, 7) is -0.733. The fourth-order valence-corrected chi connectivity index (χ4v) is 2.08. The number of aliphatic carboxylic acids is 1. The molecular formula is C17H16N2O7. The number of hydrogen-bond donors (Lipinski definition) is 1. The van der Waals surface area contributed by atoms with Crippen LogP contribution < -0.4 is 4.74 Å². The van der Waals surface area contributed by atoms with E-state index in [9.17, 15) is 19.7 Å². The number of nitro benzene ring substituents is 1. The van der Waals surface area contributed by atoms with Gasteiger partial charge in [-0.05, 0) is 29.8 Å². The van der Waals surface area contributed by atoms with Crippen molar-refractivity contribution in [1.29, 1.82) is 0 Å². The van der Waals surface area contributed by atoms with Crippen LogP contribution in [0.4, 0.5) is 5.69 Å². The number of ether oxygens (including phenoxy) is 1. The van der Waals surface area contributed by atoms with E-state index in [2.05, 4.69) is 0 Å². The third-order valence-electron chi connectivity index (χ3n) is 3.35. The smallest absolute Gasteiger partial charge is 0.325 e. The van der Waals surface area contributed by atoms with Crippen LogP contribution in [0.25, 0.3) is 0 Å². The third-order valence-corrected chi connectivity index (χ3v) is 3.35. The van der Waals surface area contributed by atoms with Crippen molar-refractivity contribution in [2.75, 3.05) is 13.7 Å². The lowest BCUT2D eigenvalue weighted by molar-refractivity contribution is -0.384. The van der Waals surface area contributed by atoms with Crippen molar-refractivity contribution in [1.82, 2.24) is 5.06 Å². The van der Waals surface area contributed by atoms with Gasteiger partial charge in [-0.25, -0.2) is 5.06 Å². The Hall–Kier alpha value is -3.46.